The first-order valence-electron chi connectivity index (χ1n) is 4.60. The Morgan fingerprint density at radius 3 is 2.64 bits per heavy atom. The highest BCUT2D eigenvalue weighted by molar-refractivity contribution is 6.18. The Bertz CT molecular complexity index is 110. The number of hydrogen-bond acceptors (Lipinski definition) is 1. The first-order chi connectivity index (χ1) is 5.33. The van der Waals surface area contributed by atoms with Gasteiger partial charge in [0, 0.05) is 12.4 Å². The van der Waals surface area contributed by atoms with Gasteiger partial charge in [-0.2, -0.15) is 0 Å². The molecule has 1 N–H and O–H groups in total. The molecule has 1 rings (SSSR count). The number of halogens is 1. The molecule has 0 saturated heterocycles. The number of hydrogen-bond donors (Lipinski definition) is 1. The van der Waals surface area contributed by atoms with E-state index in [9.17, 15) is 0 Å². The third kappa shape index (κ3) is 3.00. The number of rotatable bonds is 6. The van der Waals surface area contributed by atoms with E-state index in [0.717, 1.165) is 19.0 Å². The second-order valence-electron chi connectivity index (χ2n) is 3.66. The molecule has 0 amide bonds. The van der Waals surface area contributed by atoms with Crippen LogP contribution in [0, 0.1) is 5.41 Å². The summed E-state index contributed by atoms with van der Waals surface area (Å²) in [7, 11) is 0. The highest BCUT2D eigenvalue weighted by atomic mass is 35.5. The Balaban J connectivity index is 1.94. The molecule has 1 nitrogen and oxygen atoms in total. The van der Waals surface area contributed by atoms with Crippen molar-refractivity contribution in [3.8, 4) is 0 Å². The molecule has 0 unspecified atom stereocenters. The van der Waals surface area contributed by atoms with Crippen LogP contribution in [0.5, 0.6) is 0 Å². The van der Waals surface area contributed by atoms with Crippen molar-refractivity contribution < 1.29 is 0 Å². The average molecular weight is 176 g/mol. The molecule has 1 fully saturated rings. The van der Waals surface area contributed by atoms with E-state index in [1.807, 2.05) is 0 Å². The van der Waals surface area contributed by atoms with Gasteiger partial charge in [-0.05, 0) is 31.2 Å². The van der Waals surface area contributed by atoms with Crippen LogP contribution in [-0.2, 0) is 0 Å². The summed E-state index contributed by atoms with van der Waals surface area (Å²) in [6, 6.07) is 0. The van der Waals surface area contributed by atoms with Gasteiger partial charge < -0.3 is 5.32 Å². The van der Waals surface area contributed by atoms with Crippen LogP contribution in [0.4, 0.5) is 0 Å². The molecular weight excluding hydrogens is 158 g/mol. The van der Waals surface area contributed by atoms with Crippen LogP contribution in [0.3, 0.4) is 0 Å². The second-order valence-corrected chi connectivity index (χ2v) is 3.93. The van der Waals surface area contributed by atoms with Crippen LogP contribution in [0.2, 0.25) is 0 Å². The first kappa shape index (κ1) is 9.34. The van der Waals surface area contributed by atoms with Crippen LogP contribution in [0.1, 0.15) is 32.6 Å². The van der Waals surface area contributed by atoms with Gasteiger partial charge in [-0.1, -0.05) is 13.3 Å². The lowest BCUT2D eigenvalue weighted by Gasteiger charge is -2.11. The Morgan fingerprint density at radius 1 is 1.45 bits per heavy atom. The van der Waals surface area contributed by atoms with Crippen molar-refractivity contribution in [3.63, 3.8) is 0 Å². The lowest BCUT2D eigenvalue weighted by molar-refractivity contribution is 0.498. The lowest BCUT2D eigenvalue weighted by Crippen LogP contribution is -2.25. The number of unbranched alkanes of at least 4 members (excludes halogenated alkanes) is 1. The maximum atomic E-state index is 5.83. The highest BCUT2D eigenvalue weighted by Gasteiger charge is 2.40. The Labute approximate surface area is 74.5 Å². The van der Waals surface area contributed by atoms with Crippen molar-refractivity contribution >= 4 is 11.6 Å². The van der Waals surface area contributed by atoms with Crippen molar-refractivity contribution in [2.45, 2.75) is 32.6 Å². The van der Waals surface area contributed by atoms with Crippen LogP contribution in [-0.4, -0.2) is 19.0 Å². The monoisotopic (exact) mass is 175 g/mol. The molecule has 0 aromatic rings. The van der Waals surface area contributed by atoms with Crippen LogP contribution >= 0.6 is 11.6 Å². The molecule has 1 aliphatic rings. The first-order valence-corrected chi connectivity index (χ1v) is 5.13. The van der Waals surface area contributed by atoms with Gasteiger partial charge >= 0.3 is 0 Å². The topological polar surface area (TPSA) is 12.0 Å². The van der Waals surface area contributed by atoms with Gasteiger partial charge in [0.2, 0.25) is 0 Å². The summed E-state index contributed by atoms with van der Waals surface area (Å²) in [6.07, 6.45) is 5.23. The fourth-order valence-electron chi connectivity index (χ4n) is 1.19. The zero-order valence-electron chi connectivity index (χ0n) is 7.33. The molecule has 0 spiro atoms. The smallest absolute Gasteiger partial charge is 0.0292 e. The van der Waals surface area contributed by atoms with Crippen molar-refractivity contribution in [2.24, 2.45) is 5.41 Å². The van der Waals surface area contributed by atoms with E-state index < -0.39 is 0 Å². The minimum atomic E-state index is 0.495. The Kier molecular flexibility index (Phi) is 3.67. The molecule has 0 radical (unpaired) electrons. The minimum Gasteiger partial charge on any atom is -0.316 e. The molecule has 2 heteroatoms. The fraction of sp³-hybridized carbons (Fsp3) is 1.00. The van der Waals surface area contributed by atoms with Gasteiger partial charge in [-0.3, -0.25) is 0 Å². The summed E-state index contributed by atoms with van der Waals surface area (Å²) in [5.74, 6) is 0.839. The molecule has 0 aromatic carbocycles. The molecule has 0 atom stereocenters. The van der Waals surface area contributed by atoms with E-state index in [4.69, 9.17) is 11.6 Å². The van der Waals surface area contributed by atoms with Gasteiger partial charge in [0.1, 0.15) is 0 Å². The summed E-state index contributed by atoms with van der Waals surface area (Å²) in [5, 5.41) is 3.46. The standard InChI is InChI=1S/C9H18ClN/c1-2-3-6-11-8-9(7-10)4-5-9/h11H,2-8H2,1H3. The number of nitrogens with one attached hydrogen (secondary N) is 1. The fourth-order valence-corrected chi connectivity index (χ4v) is 1.55. The van der Waals surface area contributed by atoms with E-state index in [1.165, 1.54) is 25.7 Å². The summed E-state index contributed by atoms with van der Waals surface area (Å²) in [4.78, 5) is 0. The quantitative estimate of drug-likeness (QED) is 0.483. The molecule has 66 valence electrons. The zero-order chi connectivity index (χ0) is 8.16. The molecule has 1 saturated carbocycles. The lowest BCUT2D eigenvalue weighted by atomic mass is 10.1. The largest absolute Gasteiger partial charge is 0.316 e. The van der Waals surface area contributed by atoms with Gasteiger partial charge in [-0.15, -0.1) is 11.6 Å². The zero-order valence-corrected chi connectivity index (χ0v) is 8.08. The van der Waals surface area contributed by atoms with Gasteiger partial charge in [0.25, 0.3) is 0 Å². The summed E-state index contributed by atoms with van der Waals surface area (Å²) < 4.78 is 0. The molecule has 0 aromatic heterocycles. The van der Waals surface area contributed by atoms with Crippen LogP contribution < -0.4 is 5.32 Å². The second kappa shape index (κ2) is 4.32. The maximum Gasteiger partial charge on any atom is 0.0292 e. The van der Waals surface area contributed by atoms with Gasteiger partial charge in [-0.25, -0.2) is 0 Å². The Hall–Kier alpha value is 0.250. The van der Waals surface area contributed by atoms with Crippen molar-refractivity contribution in [1.29, 1.82) is 0 Å². The summed E-state index contributed by atoms with van der Waals surface area (Å²) >= 11 is 5.83. The molecule has 1 aliphatic carbocycles. The van der Waals surface area contributed by atoms with Crippen LogP contribution in [0.25, 0.3) is 0 Å². The molecule has 11 heavy (non-hydrogen) atoms. The minimum absolute atomic E-state index is 0.495. The molecular formula is C9H18ClN. The third-order valence-corrected chi connectivity index (χ3v) is 3.01. The summed E-state index contributed by atoms with van der Waals surface area (Å²) in [6.45, 7) is 4.52. The van der Waals surface area contributed by atoms with Crippen molar-refractivity contribution in [2.75, 3.05) is 19.0 Å². The van der Waals surface area contributed by atoms with E-state index >= 15 is 0 Å². The molecule has 0 aliphatic heterocycles. The number of alkyl halides is 1. The van der Waals surface area contributed by atoms with E-state index in [1.54, 1.807) is 0 Å². The van der Waals surface area contributed by atoms with E-state index in [0.29, 0.717) is 5.41 Å². The van der Waals surface area contributed by atoms with E-state index in [2.05, 4.69) is 12.2 Å². The van der Waals surface area contributed by atoms with Crippen molar-refractivity contribution in [1.82, 2.24) is 5.32 Å². The SMILES string of the molecule is CCCCNCC1(CCl)CC1. The normalized spacial score (nSPS) is 20.2. The predicted molar refractivity (Wildman–Crippen MR) is 50.2 cm³/mol. The average Bonchev–Trinajstić information content (AvgIpc) is 2.80. The molecule has 0 heterocycles. The van der Waals surface area contributed by atoms with Gasteiger partial charge in [0.05, 0.1) is 0 Å². The predicted octanol–water partition coefficient (Wildman–Crippen LogP) is 2.40. The van der Waals surface area contributed by atoms with Crippen molar-refractivity contribution in [3.05, 3.63) is 0 Å². The highest BCUT2D eigenvalue weighted by Crippen LogP contribution is 2.45. The van der Waals surface area contributed by atoms with Gasteiger partial charge in [0.15, 0.2) is 0 Å². The molecule has 0 bridgehead atoms. The summed E-state index contributed by atoms with van der Waals surface area (Å²) in [5.41, 5.74) is 0.495. The Morgan fingerprint density at radius 2 is 2.18 bits per heavy atom. The maximum absolute atomic E-state index is 5.83. The third-order valence-electron chi connectivity index (χ3n) is 2.45. The van der Waals surface area contributed by atoms with E-state index in [-0.39, 0.29) is 0 Å². The van der Waals surface area contributed by atoms with Crippen LogP contribution in [0.15, 0.2) is 0 Å².